The first-order chi connectivity index (χ1) is 9.92. The SMILES string of the molecule is c1ccc(CNc2cccc(C3OCCCO3)c2)cc1. The fourth-order valence-electron chi connectivity index (χ4n) is 2.28. The molecule has 20 heavy (non-hydrogen) atoms. The Bertz CT molecular complexity index is 536. The standard InChI is InChI=1S/C17H19NO2/c1-2-6-14(7-3-1)13-18-16-9-4-8-15(12-16)17-19-10-5-11-20-17/h1-4,6-9,12,17-18H,5,10-11,13H2. The van der Waals surface area contributed by atoms with Crippen LogP contribution in [0.5, 0.6) is 0 Å². The van der Waals surface area contributed by atoms with Crippen LogP contribution >= 0.6 is 0 Å². The van der Waals surface area contributed by atoms with Crippen molar-refractivity contribution in [3.05, 3.63) is 65.7 Å². The molecule has 1 fully saturated rings. The van der Waals surface area contributed by atoms with Crippen LogP contribution in [0.4, 0.5) is 5.69 Å². The maximum atomic E-state index is 5.63. The molecule has 1 aliphatic heterocycles. The highest BCUT2D eigenvalue weighted by Crippen LogP contribution is 2.25. The molecular formula is C17H19NO2. The van der Waals surface area contributed by atoms with Crippen LogP contribution in [0.25, 0.3) is 0 Å². The average molecular weight is 269 g/mol. The van der Waals surface area contributed by atoms with Crippen molar-refractivity contribution < 1.29 is 9.47 Å². The van der Waals surface area contributed by atoms with Crippen LogP contribution in [0, 0.1) is 0 Å². The molecule has 0 saturated carbocycles. The van der Waals surface area contributed by atoms with Crippen molar-refractivity contribution in [2.75, 3.05) is 18.5 Å². The summed E-state index contributed by atoms with van der Waals surface area (Å²) in [5.41, 5.74) is 3.43. The van der Waals surface area contributed by atoms with Gasteiger partial charge < -0.3 is 14.8 Å². The van der Waals surface area contributed by atoms with Crippen molar-refractivity contribution in [2.45, 2.75) is 19.3 Å². The van der Waals surface area contributed by atoms with Crippen LogP contribution < -0.4 is 5.32 Å². The van der Waals surface area contributed by atoms with Crippen LogP contribution in [-0.4, -0.2) is 13.2 Å². The monoisotopic (exact) mass is 269 g/mol. The van der Waals surface area contributed by atoms with Gasteiger partial charge >= 0.3 is 0 Å². The van der Waals surface area contributed by atoms with Gasteiger partial charge in [-0.25, -0.2) is 0 Å². The Morgan fingerprint density at radius 3 is 2.55 bits per heavy atom. The normalized spacial score (nSPS) is 16.0. The van der Waals surface area contributed by atoms with Crippen molar-refractivity contribution in [2.24, 2.45) is 0 Å². The third-order valence-corrected chi connectivity index (χ3v) is 3.33. The lowest BCUT2D eigenvalue weighted by atomic mass is 10.1. The lowest BCUT2D eigenvalue weighted by molar-refractivity contribution is -0.183. The van der Waals surface area contributed by atoms with Crippen LogP contribution in [-0.2, 0) is 16.0 Å². The predicted octanol–water partition coefficient (Wildman–Crippen LogP) is 3.73. The third-order valence-electron chi connectivity index (χ3n) is 3.33. The molecule has 0 unspecified atom stereocenters. The molecule has 2 aromatic rings. The van der Waals surface area contributed by atoms with Gasteiger partial charge in [-0.05, 0) is 24.1 Å². The van der Waals surface area contributed by atoms with Crippen LogP contribution in [0.2, 0.25) is 0 Å². The van der Waals surface area contributed by atoms with Gasteiger partial charge in [0.25, 0.3) is 0 Å². The molecule has 1 saturated heterocycles. The van der Waals surface area contributed by atoms with Gasteiger partial charge in [-0.1, -0.05) is 42.5 Å². The first kappa shape index (κ1) is 13.2. The minimum Gasteiger partial charge on any atom is -0.381 e. The van der Waals surface area contributed by atoms with Gasteiger partial charge in [-0.15, -0.1) is 0 Å². The van der Waals surface area contributed by atoms with Crippen molar-refractivity contribution in [3.8, 4) is 0 Å². The third kappa shape index (κ3) is 3.38. The average Bonchev–Trinajstić information content (AvgIpc) is 2.55. The summed E-state index contributed by atoms with van der Waals surface area (Å²) in [5.74, 6) is 0. The van der Waals surface area contributed by atoms with E-state index in [9.17, 15) is 0 Å². The molecule has 0 spiro atoms. The van der Waals surface area contributed by atoms with Crippen LogP contribution in [0.15, 0.2) is 54.6 Å². The van der Waals surface area contributed by atoms with Crippen LogP contribution in [0.3, 0.4) is 0 Å². The van der Waals surface area contributed by atoms with Crippen molar-refractivity contribution >= 4 is 5.69 Å². The van der Waals surface area contributed by atoms with Crippen LogP contribution in [0.1, 0.15) is 23.8 Å². The number of nitrogens with one attached hydrogen (secondary N) is 1. The molecule has 1 aliphatic rings. The number of rotatable bonds is 4. The van der Waals surface area contributed by atoms with Gasteiger partial charge in [0.2, 0.25) is 0 Å². The van der Waals surface area contributed by atoms with Gasteiger partial charge in [0.1, 0.15) is 0 Å². The molecule has 3 heteroatoms. The topological polar surface area (TPSA) is 30.5 Å². The maximum Gasteiger partial charge on any atom is 0.183 e. The van der Waals surface area contributed by atoms with Gasteiger partial charge in [-0.3, -0.25) is 0 Å². The second-order valence-electron chi connectivity index (χ2n) is 4.89. The second kappa shape index (κ2) is 6.55. The quantitative estimate of drug-likeness (QED) is 0.917. The second-order valence-corrected chi connectivity index (χ2v) is 4.89. The fraction of sp³-hybridized carbons (Fsp3) is 0.294. The Morgan fingerprint density at radius 1 is 0.950 bits per heavy atom. The molecule has 3 rings (SSSR count). The number of anilines is 1. The van der Waals surface area contributed by atoms with E-state index < -0.39 is 0 Å². The van der Waals surface area contributed by atoms with E-state index in [4.69, 9.17) is 9.47 Å². The zero-order chi connectivity index (χ0) is 13.6. The first-order valence-electron chi connectivity index (χ1n) is 7.03. The smallest absolute Gasteiger partial charge is 0.183 e. The molecule has 0 atom stereocenters. The molecule has 0 radical (unpaired) electrons. The Hall–Kier alpha value is -1.84. The maximum absolute atomic E-state index is 5.63. The largest absolute Gasteiger partial charge is 0.381 e. The number of ether oxygens (including phenoxy) is 2. The first-order valence-corrected chi connectivity index (χ1v) is 7.03. The van der Waals surface area contributed by atoms with Crippen molar-refractivity contribution in [3.63, 3.8) is 0 Å². The minimum atomic E-state index is -0.220. The zero-order valence-corrected chi connectivity index (χ0v) is 11.4. The Kier molecular flexibility index (Phi) is 4.31. The Balaban J connectivity index is 1.65. The number of benzene rings is 2. The number of hydrogen-bond donors (Lipinski definition) is 1. The van der Waals surface area contributed by atoms with E-state index in [1.807, 2.05) is 18.2 Å². The summed E-state index contributed by atoms with van der Waals surface area (Å²) in [7, 11) is 0. The summed E-state index contributed by atoms with van der Waals surface area (Å²) in [6, 6.07) is 18.6. The summed E-state index contributed by atoms with van der Waals surface area (Å²) in [6.07, 6.45) is 0.754. The van der Waals surface area contributed by atoms with Crippen molar-refractivity contribution in [1.29, 1.82) is 0 Å². The molecule has 0 aromatic heterocycles. The summed E-state index contributed by atoms with van der Waals surface area (Å²) < 4.78 is 11.3. The molecular weight excluding hydrogens is 250 g/mol. The number of hydrogen-bond acceptors (Lipinski definition) is 3. The van der Waals surface area contributed by atoms with Gasteiger partial charge in [0.05, 0.1) is 13.2 Å². The van der Waals surface area contributed by atoms with E-state index in [0.29, 0.717) is 0 Å². The van der Waals surface area contributed by atoms with Gasteiger partial charge in [0, 0.05) is 17.8 Å². The summed E-state index contributed by atoms with van der Waals surface area (Å²) in [4.78, 5) is 0. The highest BCUT2D eigenvalue weighted by atomic mass is 16.7. The molecule has 3 nitrogen and oxygen atoms in total. The summed E-state index contributed by atoms with van der Waals surface area (Å²) >= 11 is 0. The van der Waals surface area contributed by atoms with E-state index in [0.717, 1.165) is 37.4 Å². The van der Waals surface area contributed by atoms with Gasteiger partial charge in [0.15, 0.2) is 6.29 Å². The van der Waals surface area contributed by atoms with E-state index >= 15 is 0 Å². The molecule has 1 heterocycles. The lowest BCUT2D eigenvalue weighted by Crippen LogP contribution is -2.17. The fourth-order valence-corrected chi connectivity index (χ4v) is 2.28. The molecule has 0 amide bonds. The van der Waals surface area contributed by atoms with E-state index in [1.54, 1.807) is 0 Å². The Morgan fingerprint density at radius 2 is 1.75 bits per heavy atom. The molecule has 104 valence electrons. The van der Waals surface area contributed by atoms with E-state index in [1.165, 1.54) is 5.56 Å². The summed E-state index contributed by atoms with van der Waals surface area (Å²) in [5, 5.41) is 3.43. The lowest BCUT2D eigenvalue weighted by Gasteiger charge is -2.23. The van der Waals surface area contributed by atoms with E-state index in [2.05, 4.69) is 41.7 Å². The predicted molar refractivity (Wildman–Crippen MR) is 79.5 cm³/mol. The molecule has 2 aromatic carbocycles. The molecule has 0 aliphatic carbocycles. The van der Waals surface area contributed by atoms with E-state index in [-0.39, 0.29) is 6.29 Å². The Labute approximate surface area is 119 Å². The molecule has 0 bridgehead atoms. The minimum absolute atomic E-state index is 0.220. The summed E-state index contributed by atoms with van der Waals surface area (Å²) in [6.45, 7) is 2.36. The molecule has 1 N–H and O–H groups in total. The van der Waals surface area contributed by atoms with Gasteiger partial charge in [-0.2, -0.15) is 0 Å². The highest BCUT2D eigenvalue weighted by Gasteiger charge is 2.16. The zero-order valence-electron chi connectivity index (χ0n) is 11.4. The van der Waals surface area contributed by atoms with Crippen molar-refractivity contribution in [1.82, 2.24) is 0 Å². The highest BCUT2D eigenvalue weighted by molar-refractivity contribution is 5.46.